The summed E-state index contributed by atoms with van der Waals surface area (Å²) in [5.74, 6) is 0. The fourth-order valence-corrected chi connectivity index (χ4v) is 5.04. The molecule has 10 heteroatoms. The van der Waals surface area contributed by atoms with E-state index in [0.29, 0.717) is 0 Å². The van der Waals surface area contributed by atoms with Gasteiger partial charge in [-0.3, -0.25) is 8.37 Å². The van der Waals surface area contributed by atoms with E-state index in [0.717, 1.165) is 11.1 Å². The molecular weight excluding hydrogens is 432 g/mol. The summed E-state index contributed by atoms with van der Waals surface area (Å²) in [6.45, 7) is 4.66. The minimum Gasteiger partial charge on any atom is -0.388 e. The zero-order chi connectivity index (χ0) is 22.1. The Balaban J connectivity index is 1.75. The maximum absolute atomic E-state index is 12.6. The molecule has 1 aliphatic heterocycles. The van der Waals surface area contributed by atoms with Crippen molar-refractivity contribution in [1.82, 2.24) is 0 Å². The minimum atomic E-state index is -4.21. The molecule has 164 valence electrons. The average Bonchev–Trinajstić information content (AvgIpc) is 2.94. The van der Waals surface area contributed by atoms with Crippen LogP contribution in [0.15, 0.2) is 58.3 Å². The van der Waals surface area contributed by atoms with Gasteiger partial charge in [0, 0.05) is 0 Å². The van der Waals surface area contributed by atoms with Crippen molar-refractivity contribution in [3.05, 3.63) is 59.7 Å². The Bertz CT molecular complexity index is 1080. The summed E-state index contributed by atoms with van der Waals surface area (Å²) in [4.78, 5) is -0.115. The van der Waals surface area contributed by atoms with E-state index in [4.69, 9.17) is 13.1 Å². The first-order chi connectivity index (χ1) is 14.0. The zero-order valence-electron chi connectivity index (χ0n) is 16.8. The second kappa shape index (κ2) is 8.74. The molecule has 2 aromatic carbocycles. The molecule has 0 aliphatic carbocycles. The van der Waals surface area contributed by atoms with Gasteiger partial charge in [0.25, 0.3) is 20.2 Å². The van der Waals surface area contributed by atoms with E-state index in [1.165, 1.54) is 31.2 Å². The first-order valence-electron chi connectivity index (χ1n) is 9.29. The van der Waals surface area contributed by atoms with Gasteiger partial charge in [-0.25, -0.2) is 0 Å². The van der Waals surface area contributed by atoms with Crippen LogP contribution in [0.1, 0.15) is 18.1 Å². The smallest absolute Gasteiger partial charge is 0.297 e. The zero-order valence-corrected chi connectivity index (χ0v) is 18.4. The number of rotatable bonds is 7. The highest BCUT2D eigenvalue weighted by Crippen LogP contribution is 2.28. The normalized spacial score (nSPS) is 24.8. The van der Waals surface area contributed by atoms with Crippen LogP contribution < -0.4 is 0 Å². The van der Waals surface area contributed by atoms with Crippen LogP contribution in [0.2, 0.25) is 0 Å². The lowest BCUT2D eigenvalue weighted by atomic mass is 10.1. The first-order valence-corrected chi connectivity index (χ1v) is 12.1. The van der Waals surface area contributed by atoms with E-state index in [2.05, 4.69) is 0 Å². The Kier molecular flexibility index (Phi) is 6.66. The maximum Gasteiger partial charge on any atom is 0.297 e. The van der Waals surface area contributed by atoms with Gasteiger partial charge >= 0.3 is 0 Å². The van der Waals surface area contributed by atoms with E-state index in [1.54, 1.807) is 24.3 Å². The van der Waals surface area contributed by atoms with Gasteiger partial charge in [0.1, 0.15) is 18.3 Å². The second-order valence-electron chi connectivity index (χ2n) is 7.25. The predicted molar refractivity (Wildman–Crippen MR) is 108 cm³/mol. The van der Waals surface area contributed by atoms with Gasteiger partial charge in [0.2, 0.25) is 0 Å². The Morgan fingerprint density at radius 3 is 1.83 bits per heavy atom. The fourth-order valence-electron chi connectivity index (χ4n) is 3.01. The molecule has 4 atom stereocenters. The summed E-state index contributed by atoms with van der Waals surface area (Å²) >= 11 is 0. The molecule has 1 fully saturated rings. The summed E-state index contributed by atoms with van der Waals surface area (Å²) in [6.07, 6.45) is -4.46. The van der Waals surface area contributed by atoms with E-state index < -0.39 is 51.3 Å². The van der Waals surface area contributed by atoms with Crippen molar-refractivity contribution in [2.45, 2.75) is 55.0 Å². The number of hydrogen-bond donors (Lipinski definition) is 1. The largest absolute Gasteiger partial charge is 0.388 e. The van der Waals surface area contributed by atoms with Gasteiger partial charge in [-0.15, -0.1) is 0 Å². The number of aliphatic hydroxyl groups is 1. The van der Waals surface area contributed by atoms with Crippen molar-refractivity contribution in [3.8, 4) is 0 Å². The molecule has 1 heterocycles. The van der Waals surface area contributed by atoms with Gasteiger partial charge in [-0.1, -0.05) is 35.4 Å². The Labute approximate surface area is 176 Å². The molecule has 30 heavy (non-hydrogen) atoms. The SMILES string of the molecule is Cc1ccc(S(=O)(=O)OC[C@H]2OC(C)[C@@H](O)[C@@H]2OS(=O)(=O)c2ccc(C)cc2)cc1. The van der Waals surface area contributed by atoms with Crippen molar-refractivity contribution in [1.29, 1.82) is 0 Å². The Morgan fingerprint density at radius 1 is 0.867 bits per heavy atom. The number of hydrogen-bond acceptors (Lipinski definition) is 8. The third-order valence-electron chi connectivity index (χ3n) is 4.82. The summed E-state index contributed by atoms with van der Waals surface area (Å²) in [6, 6.07) is 12.1. The number of ether oxygens (including phenoxy) is 1. The second-order valence-corrected chi connectivity index (χ2v) is 10.4. The highest BCUT2D eigenvalue weighted by atomic mass is 32.2. The minimum absolute atomic E-state index is 0.0376. The van der Waals surface area contributed by atoms with Crippen LogP contribution in [-0.4, -0.2) is 53.0 Å². The fraction of sp³-hybridized carbons (Fsp3) is 0.400. The van der Waals surface area contributed by atoms with Crippen LogP contribution in [0.3, 0.4) is 0 Å². The van der Waals surface area contributed by atoms with Crippen LogP contribution >= 0.6 is 0 Å². The molecule has 0 spiro atoms. The number of benzene rings is 2. The standard InChI is InChI=1S/C20H24O8S2/c1-13-4-8-16(9-5-13)29(22,23)26-12-18-20(19(21)15(3)27-18)28-30(24,25)17-10-6-14(2)7-11-17/h4-11,15,18-21H,12H2,1-3H3/t15?,18-,19-,20-/m1/s1. The number of aliphatic hydroxyl groups excluding tert-OH is 1. The third-order valence-corrected chi connectivity index (χ3v) is 7.44. The van der Waals surface area contributed by atoms with Gasteiger partial charge in [0.15, 0.2) is 0 Å². The summed E-state index contributed by atoms with van der Waals surface area (Å²) in [5, 5.41) is 10.3. The van der Waals surface area contributed by atoms with Gasteiger partial charge < -0.3 is 9.84 Å². The summed E-state index contributed by atoms with van der Waals surface area (Å²) < 4.78 is 65.8. The van der Waals surface area contributed by atoms with Crippen molar-refractivity contribution >= 4 is 20.2 Å². The van der Waals surface area contributed by atoms with E-state index in [-0.39, 0.29) is 9.79 Å². The molecule has 8 nitrogen and oxygen atoms in total. The lowest BCUT2D eigenvalue weighted by molar-refractivity contribution is -0.00275. The van der Waals surface area contributed by atoms with Crippen LogP contribution in [-0.2, 0) is 33.3 Å². The number of aryl methyl sites for hydroxylation is 2. The lowest BCUT2D eigenvalue weighted by Gasteiger charge is -2.20. The van der Waals surface area contributed by atoms with Crippen molar-refractivity contribution in [3.63, 3.8) is 0 Å². The van der Waals surface area contributed by atoms with Crippen LogP contribution in [0.25, 0.3) is 0 Å². The monoisotopic (exact) mass is 456 g/mol. The molecule has 3 rings (SSSR count). The molecular formula is C20H24O8S2. The molecule has 1 N–H and O–H groups in total. The van der Waals surface area contributed by atoms with Gasteiger partial charge in [0.05, 0.1) is 22.5 Å². The summed E-state index contributed by atoms with van der Waals surface area (Å²) in [7, 11) is -8.30. The van der Waals surface area contributed by atoms with Crippen molar-refractivity contribution in [2.24, 2.45) is 0 Å². The predicted octanol–water partition coefficient (Wildman–Crippen LogP) is 1.93. The molecule has 1 saturated heterocycles. The van der Waals surface area contributed by atoms with Crippen LogP contribution in [0.5, 0.6) is 0 Å². The first kappa shape index (κ1) is 22.9. The van der Waals surface area contributed by atoms with E-state index in [1.807, 2.05) is 13.8 Å². The third kappa shape index (κ3) is 5.08. The molecule has 1 unspecified atom stereocenters. The Hall–Kier alpha value is -1.82. The average molecular weight is 457 g/mol. The lowest BCUT2D eigenvalue weighted by Crippen LogP contribution is -2.38. The van der Waals surface area contributed by atoms with Crippen LogP contribution in [0.4, 0.5) is 0 Å². The molecule has 0 radical (unpaired) electrons. The highest BCUT2D eigenvalue weighted by Gasteiger charge is 2.45. The van der Waals surface area contributed by atoms with Crippen molar-refractivity contribution in [2.75, 3.05) is 6.61 Å². The molecule has 1 aliphatic rings. The van der Waals surface area contributed by atoms with Gasteiger partial charge in [-0.05, 0) is 45.0 Å². The van der Waals surface area contributed by atoms with Gasteiger partial charge in [-0.2, -0.15) is 16.8 Å². The maximum atomic E-state index is 12.6. The Morgan fingerprint density at radius 2 is 1.33 bits per heavy atom. The molecule has 0 amide bonds. The topological polar surface area (TPSA) is 116 Å². The molecule has 0 saturated carbocycles. The highest BCUT2D eigenvalue weighted by molar-refractivity contribution is 7.87. The summed E-state index contributed by atoms with van der Waals surface area (Å²) in [5.41, 5.74) is 1.76. The molecule has 2 aromatic rings. The van der Waals surface area contributed by atoms with E-state index >= 15 is 0 Å². The van der Waals surface area contributed by atoms with E-state index in [9.17, 15) is 21.9 Å². The quantitative estimate of drug-likeness (QED) is 0.629. The molecule has 0 aromatic heterocycles. The van der Waals surface area contributed by atoms with Crippen LogP contribution in [0, 0.1) is 13.8 Å². The molecule has 0 bridgehead atoms. The van der Waals surface area contributed by atoms with Crippen molar-refractivity contribution < 1.29 is 35.0 Å².